The summed E-state index contributed by atoms with van der Waals surface area (Å²) in [6, 6.07) is 17.7. The monoisotopic (exact) mass is 356 g/mol. The van der Waals surface area contributed by atoms with E-state index >= 15 is 0 Å². The number of likely N-dealkylation sites (tertiary alicyclic amines) is 1. The molecule has 1 N–H and O–H groups in total. The first kappa shape index (κ1) is 18.5. The van der Waals surface area contributed by atoms with Crippen molar-refractivity contribution in [1.29, 1.82) is 0 Å². The van der Waals surface area contributed by atoms with E-state index in [9.17, 15) is 14.3 Å². The number of benzene rings is 2. The van der Waals surface area contributed by atoms with Crippen molar-refractivity contribution < 1.29 is 19.0 Å². The molecule has 0 amide bonds. The Labute approximate surface area is 153 Å². The van der Waals surface area contributed by atoms with Crippen molar-refractivity contribution in [1.82, 2.24) is 4.90 Å². The van der Waals surface area contributed by atoms with Crippen LogP contribution in [0.4, 0.5) is 4.39 Å². The number of halogens is 1. The van der Waals surface area contributed by atoms with Gasteiger partial charge in [0.15, 0.2) is 0 Å². The molecule has 1 fully saturated rings. The Bertz CT molecular complexity index is 660. The van der Waals surface area contributed by atoms with Gasteiger partial charge in [-0.2, -0.15) is 0 Å². The fourth-order valence-electron chi connectivity index (χ4n) is 3.37. The zero-order chi connectivity index (χ0) is 18.4. The molecular weight excluding hydrogens is 332 g/mol. The van der Waals surface area contributed by atoms with E-state index in [0.717, 1.165) is 0 Å². The number of hydrogen-bond acceptors (Lipinski definition) is 4. The highest BCUT2D eigenvalue weighted by molar-refractivity contribution is 5.85. The maximum atomic E-state index is 13.0. The zero-order valence-corrected chi connectivity index (χ0v) is 14.7. The lowest BCUT2D eigenvalue weighted by molar-refractivity contribution is -0.170. The van der Waals surface area contributed by atoms with E-state index in [1.165, 1.54) is 0 Å². The van der Waals surface area contributed by atoms with Gasteiger partial charge in [0.2, 0.25) is 5.60 Å². The van der Waals surface area contributed by atoms with Crippen LogP contribution in [0.3, 0.4) is 0 Å². The smallest absolute Gasteiger partial charge is 0.347 e. The molecule has 4 nitrogen and oxygen atoms in total. The number of esters is 1. The summed E-state index contributed by atoms with van der Waals surface area (Å²) in [6.45, 7) is 1.43. The molecule has 138 valence electrons. The molecule has 0 radical (unpaired) electrons. The Hall–Kier alpha value is -2.24. The van der Waals surface area contributed by atoms with E-state index in [0.29, 0.717) is 43.6 Å². The minimum absolute atomic E-state index is 0.266. The van der Waals surface area contributed by atoms with Crippen molar-refractivity contribution in [2.24, 2.45) is 0 Å². The summed E-state index contributed by atoms with van der Waals surface area (Å²) in [4.78, 5) is 15.0. The van der Waals surface area contributed by atoms with Gasteiger partial charge in [0.25, 0.3) is 0 Å². The zero-order valence-electron chi connectivity index (χ0n) is 14.7. The molecule has 1 saturated heterocycles. The lowest BCUT2D eigenvalue weighted by Crippen LogP contribution is -2.44. The number of nitrogens with zero attached hydrogens (tertiary/aromatic N) is 1. The molecule has 0 spiro atoms. The standard InChI is InChI=1S/C21H24FNO3/c22-13-16-23-14-11-19(12-15-23)26-20(24)21(25,17-7-3-1-4-8-17)18-9-5-2-6-10-18/h1-10,19,25H,11-16H2/i22-1. The van der Waals surface area contributed by atoms with Gasteiger partial charge >= 0.3 is 5.97 Å². The average Bonchev–Trinajstić information content (AvgIpc) is 2.70. The van der Waals surface area contributed by atoms with Crippen LogP contribution in [0.2, 0.25) is 0 Å². The lowest BCUT2D eigenvalue weighted by Gasteiger charge is -2.34. The van der Waals surface area contributed by atoms with Crippen molar-refractivity contribution in [3.8, 4) is 0 Å². The average molecular weight is 356 g/mol. The number of piperidine rings is 1. The maximum Gasteiger partial charge on any atom is 0.347 e. The van der Waals surface area contributed by atoms with E-state index in [1.54, 1.807) is 48.5 Å². The predicted molar refractivity (Wildman–Crippen MR) is 97.4 cm³/mol. The minimum Gasteiger partial charge on any atom is -0.460 e. The van der Waals surface area contributed by atoms with Gasteiger partial charge in [-0.25, -0.2) is 9.18 Å². The number of ether oxygens (including phenoxy) is 1. The normalized spacial score (nSPS) is 16.4. The molecule has 0 bridgehead atoms. The highest BCUT2D eigenvalue weighted by atomic mass is 18.2. The molecule has 1 heterocycles. The van der Waals surface area contributed by atoms with Gasteiger partial charge in [-0.3, -0.25) is 0 Å². The molecule has 26 heavy (non-hydrogen) atoms. The third kappa shape index (κ3) is 3.94. The second-order valence-electron chi connectivity index (χ2n) is 6.58. The first-order valence-electron chi connectivity index (χ1n) is 8.97. The van der Waals surface area contributed by atoms with Gasteiger partial charge in [0, 0.05) is 19.6 Å². The first-order valence-corrected chi connectivity index (χ1v) is 8.97. The summed E-state index contributed by atoms with van der Waals surface area (Å²) in [5.74, 6) is -0.668. The summed E-state index contributed by atoms with van der Waals surface area (Å²) in [7, 11) is 0. The number of carbonyl (C=O) groups excluding carboxylic acids is 1. The number of carbonyl (C=O) groups is 1. The topological polar surface area (TPSA) is 49.8 Å². The summed E-state index contributed by atoms with van der Waals surface area (Å²) >= 11 is 0. The third-order valence-electron chi connectivity index (χ3n) is 4.89. The van der Waals surface area contributed by atoms with Crippen LogP contribution in [0, 0.1) is 0 Å². The molecule has 0 aromatic heterocycles. The molecule has 2 aromatic carbocycles. The number of aliphatic hydroxyl groups is 1. The van der Waals surface area contributed by atoms with Gasteiger partial charge in [0.1, 0.15) is 12.8 Å². The van der Waals surface area contributed by atoms with E-state index in [-0.39, 0.29) is 12.8 Å². The van der Waals surface area contributed by atoms with Gasteiger partial charge in [-0.1, -0.05) is 60.7 Å². The second kappa shape index (κ2) is 8.43. The molecule has 1 aliphatic rings. The fraction of sp³-hybridized carbons (Fsp3) is 0.381. The SMILES string of the molecule is O=C(OC1CCN(CC[18F])CC1)C(O)(c1ccccc1)c1ccccc1. The Morgan fingerprint density at radius 2 is 1.54 bits per heavy atom. The second-order valence-corrected chi connectivity index (χ2v) is 6.58. The highest BCUT2D eigenvalue weighted by Gasteiger charge is 2.42. The Morgan fingerprint density at radius 3 is 2.00 bits per heavy atom. The van der Waals surface area contributed by atoms with E-state index in [1.807, 2.05) is 17.0 Å². The van der Waals surface area contributed by atoms with Gasteiger partial charge in [-0.05, 0) is 24.0 Å². The van der Waals surface area contributed by atoms with Gasteiger partial charge < -0.3 is 14.7 Å². The summed E-state index contributed by atoms with van der Waals surface area (Å²) in [6.07, 6.45) is 1.02. The molecule has 0 saturated carbocycles. The van der Waals surface area contributed by atoms with Crippen LogP contribution >= 0.6 is 0 Å². The van der Waals surface area contributed by atoms with Crippen LogP contribution in [0.25, 0.3) is 0 Å². The predicted octanol–water partition coefficient (Wildman–Crippen LogP) is 2.90. The fourth-order valence-corrected chi connectivity index (χ4v) is 3.37. The van der Waals surface area contributed by atoms with Crippen LogP contribution < -0.4 is 0 Å². The van der Waals surface area contributed by atoms with Crippen molar-refractivity contribution in [2.45, 2.75) is 24.5 Å². The van der Waals surface area contributed by atoms with Gasteiger partial charge in [0.05, 0.1) is 0 Å². The summed E-state index contributed by atoms with van der Waals surface area (Å²) in [5, 5.41) is 11.4. The third-order valence-corrected chi connectivity index (χ3v) is 4.89. The van der Waals surface area contributed by atoms with E-state index < -0.39 is 11.6 Å². The van der Waals surface area contributed by atoms with Crippen LogP contribution in [0.5, 0.6) is 0 Å². The number of rotatable bonds is 6. The molecule has 3 rings (SSSR count). The molecule has 2 aromatic rings. The van der Waals surface area contributed by atoms with Gasteiger partial charge in [-0.15, -0.1) is 0 Å². The van der Waals surface area contributed by atoms with E-state index in [4.69, 9.17) is 4.74 Å². The minimum atomic E-state index is -1.85. The number of hydrogen-bond donors (Lipinski definition) is 1. The van der Waals surface area contributed by atoms with Crippen LogP contribution in [0.1, 0.15) is 24.0 Å². The number of alkyl halides is 1. The van der Waals surface area contributed by atoms with Crippen molar-refractivity contribution in [2.75, 3.05) is 26.3 Å². The van der Waals surface area contributed by atoms with Crippen LogP contribution in [0.15, 0.2) is 60.7 Å². The quantitative estimate of drug-likeness (QED) is 0.809. The Balaban J connectivity index is 1.79. The highest BCUT2D eigenvalue weighted by Crippen LogP contribution is 2.32. The molecule has 0 aliphatic carbocycles. The Kier molecular flexibility index (Phi) is 6.01. The van der Waals surface area contributed by atoms with Crippen molar-refractivity contribution in [3.05, 3.63) is 71.8 Å². The summed E-state index contributed by atoms with van der Waals surface area (Å²) < 4.78 is 18.1. The molecule has 1 aliphatic heterocycles. The summed E-state index contributed by atoms with van der Waals surface area (Å²) in [5.41, 5.74) is -0.893. The first-order chi connectivity index (χ1) is 12.6. The van der Waals surface area contributed by atoms with Crippen LogP contribution in [-0.4, -0.2) is 48.4 Å². The molecule has 0 atom stereocenters. The van der Waals surface area contributed by atoms with Crippen molar-refractivity contribution in [3.63, 3.8) is 0 Å². The Morgan fingerprint density at radius 1 is 1.04 bits per heavy atom. The maximum absolute atomic E-state index is 13.0. The van der Waals surface area contributed by atoms with Crippen molar-refractivity contribution >= 4 is 5.97 Å². The largest absolute Gasteiger partial charge is 0.460 e. The molecular formula is C21H24FNO3. The molecule has 5 heteroatoms. The lowest BCUT2D eigenvalue weighted by atomic mass is 9.86. The molecule has 0 unspecified atom stereocenters. The van der Waals surface area contributed by atoms with E-state index in [2.05, 4.69) is 0 Å². The van der Waals surface area contributed by atoms with Crippen LogP contribution in [-0.2, 0) is 15.1 Å².